The number of nitrogens with one attached hydrogen (secondary N) is 1. The van der Waals surface area contributed by atoms with Crippen molar-refractivity contribution in [1.82, 2.24) is 19.8 Å². The number of fused-ring (bicyclic) bond motifs is 1. The summed E-state index contributed by atoms with van der Waals surface area (Å²) in [6.07, 6.45) is 3.20. The maximum Gasteiger partial charge on any atom is 0.145 e. The molecule has 1 N–H and O–H groups in total. The van der Waals surface area contributed by atoms with Gasteiger partial charge in [0, 0.05) is 23.4 Å². The van der Waals surface area contributed by atoms with Crippen LogP contribution in [0.5, 0.6) is 0 Å². The fourth-order valence-electron chi connectivity index (χ4n) is 3.35. The van der Waals surface area contributed by atoms with Crippen molar-refractivity contribution in [1.29, 1.82) is 0 Å². The zero-order valence-electron chi connectivity index (χ0n) is 17.9. The second-order valence-electron chi connectivity index (χ2n) is 7.57. The van der Waals surface area contributed by atoms with Gasteiger partial charge >= 0.3 is 0 Å². The highest BCUT2D eigenvalue weighted by molar-refractivity contribution is 7.98. The molecule has 1 heterocycles. The van der Waals surface area contributed by atoms with Gasteiger partial charge in [-0.3, -0.25) is 4.90 Å². The Morgan fingerprint density at radius 2 is 1.69 bits per heavy atom. The summed E-state index contributed by atoms with van der Waals surface area (Å²) in [6, 6.07) is 16.8. The highest BCUT2D eigenvalue weighted by atomic mass is 32.2. The van der Waals surface area contributed by atoms with Gasteiger partial charge in [0.1, 0.15) is 11.6 Å². The minimum absolute atomic E-state index is 0.708. The standard InChI is InChI=1S/C23H31N5S/c1-27(2)15-9-14-24-23-19-11-6-7-12-20(19)25-22(26-23)17-28(3)16-18-10-5-8-13-21(18)29-4/h5-8,10-13H,9,14-17H2,1-4H3,(H,24,25,26). The number of hydrogen-bond acceptors (Lipinski definition) is 6. The Balaban J connectivity index is 1.74. The lowest BCUT2D eigenvalue weighted by atomic mass is 10.2. The Hall–Kier alpha value is -2.15. The van der Waals surface area contributed by atoms with Crippen molar-refractivity contribution in [2.75, 3.05) is 45.8 Å². The van der Waals surface area contributed by atoms with Crippen LogP contribution in [-0.2, 0) is 13.1 Å². The van der Waals surface area contributed by atoms with Crippen LogP contribution in [0.4, 0.5) is 5.82 Å². The predicted molar refractivity (Wildman–Crippen MR) is 125 cm³/mol. The summed E-state index contributed by atoms with van der Waals surface area (Å²) in [5, 5.41) is 4.61. The number of hydrogen-bond donors (Lipinski definition) is 1. The van der Waals surface area contributed by atoms with E-state index in [1.165, 1.54) is 10.5 Å². The second-order valence-corrected chi connectivity index (χ2v) is 8.42. The van der Waals surface area contributed by atoms with Crippen LogP contribution in [0.3, 0.4) is 0 Å². The topological polar surface area (TPSA) is 44.3 Å². The molecule has 0 amide bonds. The number of rotatable bonds is 10. The van der Waals surface area contributed by atoms with E-state index in [0.29, 0.717) is 6.54 Å². The molecule has 0 aliphatic rings. The molecule has 29 heavy (non-hydrogen) atoms. The van der Waals surface area contributed by atoms with Crippen LogP contribution in [-0.4, -0.2) is 60.3 Å². The molecule has 0 saturated carbocycles. The third-order valence-electron chi connectivity index (χ3n) is 4.77. The number of aromatic nitrogens is 2. The summed E-state index contributed by atoms with van der Waals surface area (Å²) in [7, 11) is 6.33. The van der Waals surface area contributed by atoms with E-state index in [2.05, 4.69) is 78.9 Å². The summed E-state index contributed by atoms with van der Waals surface area (Å²) < 4.78 is 0. The Morgan fingerprint density at radius 3 is 2.48 bits per heavy atom. The van der Waals surface area contributed by atoms with Crippen molar-refractivity contribution in [3.8, 4) is 0 Å². The highest BCUT2D eigenvalue weighted by Crippen LogP contribution is 2.23. The Kier molecular flexibility index (Phi) is 7.86. The van der Waals surface area contributed by atoms with Crippen molar-refractivity contribution in [2.45, 2.75) is 24.4 Å². The maximum absolute atomic E-state index is 4.86. The molecule has 2 aromatic carbocycles. The van der Waals surface area contributed by atoms with E-state index in [0.717, 1.165) is 48.6 Å². The summed E-state index contributed by atoms with van der Waals surface area (Å²) in [4.78, 5) is 15.5. The lowest BCUT2D eigenvalue weighted by molar-refractivity contribution is 0.309. The van der Waals surface area contributed by atoms with E-state index in [-0.39, 0.29) is 0 Å². The van der Waals surface area contributed by atoms with E-state index < -0.39 is 0 Å². The van der Waals surface area contributed by atoms with Crippen molar-refractivity contribution in [2.24, 2.45) is 0 Å². The normalized spacial score (nSPS) is 11.5. The van der Waals surface area contributed by atoms with Crippen molar-refractivity contribution in [3.05, 3.63) is 59.9 Å². The van der Waals surface area contributed by atoms with Gasteiger partial charge in [0.15, 0.2) is 0 Å². The van der Waals surface area contributed by atoms with Gasteiger partial charge in [-0.1, -0.05) is 30.3 Å². The molecular formula is C23H31N5S. The molecule has 3 aromatic rings. The fourth-order valence-corrected chi connectivity index (χ4v) is 3.96. The molecule has 0 radical (unpaired) electrons. The van der Waals surface area contributed by atoms with E-state index in [4.69, 9.17) is 9.97 Å². The molecular weight excluding hydrogens is 378 g/mol. The first-order valence-electron chi connectivity index (χ1n) is 10.0. The molecule has 0 unspecified atom stereocenters. The average Bonchev–Trinajstić information content (AvgIpc) is 2.71. The van der Waals surface area contributed by atoms with Crippen LogP contribution in [0.15, 0.2) is 53.4 Å². The predicted octanol–water partition coefficient (Wildman–Crippen LogP) is 4.35. The van der Waals surface area contributed by atoms with Gasteiger partial charge in [0.25, 0.3) is 0 Å². The first-order chi connectivity index (χ1) is 14.1. The largest absolute Gasteiger partial charge is 0.369 e. The Labute approximate surface area is 178 Å². The van der Waals surface area contributed by atoms with Crippen LogP contribution in [0.25, 0.3) is 10.9 Å². The summed E-state index contributed by atoms with van der Waals surface area (Å²) in [5.74, 6) is 1.78. The quantitative estimate of drug-likeness (QED) is 0.397. The highest BCUT2D eigenvalue weighted by Gasteiger charge is 2.11. The number of nitrogens with zero attached hydrogens (tertiary/aromatic N) is 4. The number of benzene rings is 2. The molecule has 0 fully saturated rings. The number of thioether (sulfide) groups is 1. The first-order valence-corrected chi connectivity index (χ1v) is 11.2. The Bertz CT molecular complexity index is 928. The van der Waals surface area contributed by atoms with E-state index in [1.807, 2.05) is 12.1 Å². The van der Waals surface area contributed by atoms with E-state index in [9.17, 15) is 0 Å². The second kappa shape index (κ2) is 10.6. The van der Waals surface area contributed by atoms with Crippen LogP contribution in [0.2, 0.25) is 0 Å². The lowest BCUT2D eigenvalue weighted by Gasteiger charge is -2.19. The molecule has 0 spiro atoms. The molecule has 0 bridgehead atoms. The minimum atomic E-state index is 0.708. The molecule has 0 atom stereocenters. The molecule has 0 aliphatic carbocycles. The summed E-state index contributed by atoms with van der Waals surface area (Å²) >= 11 is 1.79. The minimum Gasteiger partial charge on any atom is -0.369 e. The molecule has 6 heteroatoms. The van der Waals surface area contributed by atoms with Gasteiger partial charge in [-0.25, -0.2) is 9.97 Å². The van der Waals surface area contributed by atoms with Crippen molar-refractivity contribution in [3.63, 3.8) is 0 Å². The van der Waals surface area contributed by atoms with Crippen molar-refractivity contribution < 1.29 is 0 Å². The molecule has 0 aliphatic heterocycles. The number of para-hydroxylation sites is 1. The maximum atomic E-state index is 4.86. The third-order valence-corrected chi connectivity index (χ3v) is 5.61. The molecule has 154 valence electrons. The molecule has 0 saturated heterocycles. The fraction of sp³-hybridized carbons (Fsp3) is 0.391. The third kappa shape index (κ3) is 6.16. The molecule has 3 rings (SSSR count). The van der Waals surface area contributed by atoms with E-state index >= 15 is 0 Å². The summed E-state index contributed by atoms with van der Waals surface area (Å²) in [6.45, 7) is 3.54. The zero-order chi connectivity index (χ0) is 20.6. The molecule has 1 aromatic heterocycles. The zero-order valence-corrected chi connectivity index (χ0v) is 18.7. The van der Waals surface area contributed by atoms with Gasteiger partial charge in [-0.05, 0) is 64.1 Å². The van der Waals surface area contributed by atoms with Gasteiger partial charge in [0.05, 0.1) is 12.1 Å². The Morgan fingerprint density at radius 1 is 0.931 bits per heavy atom. The average molecular weight is 410 g/mol. The smallest absolute Gasteiger partial charge is 0.145 e. The van der Waals surface area contributed by atoms with Gasteiger partial charge in [0.2, 0.25) is 0 Å². The van der Waals surface area contributed by atoms with Crippen LogP contribution >= 0.6 is 11.8 Å². The first kappa shape index (κ1) is 21.6. The lowest BCUT2D eigenvalue weighted by Crippen LogP contribution is -2.20. The van der Waals surface area contributed by atoms with Crippen LogP contribution < -0.4 is 5.32 Å². The van der Waals surface area contributed by atoms with Crippen LogP contribution in [0.1, 0.15) is 17.8 Å². The number of anilines is 1. The van der Waals surface area contributed by atoms with E-state index in [1.54, 1.807) is 11.8 Å². The molecule has 5 nitrogen and oxygen atoms in total. The van der Waals surface area contributed by atoms with Gasteiger partial charge in [-0.15, -0.1) is 11.8 Å². The van der Waals surface area contributed by atoms with Gasteiger partial charge < -0.3 is 10.2 Å². The van der Waals surface area contributed by atoms with Crippen LogP contribution in [0, 0.1) is 0 Å². The van der Waals surface area contributed by atoms with Crippen molar-refractivity contribution >= 4 is 28.5 Å². The summed E-state index contributed by atoms with van der Waals surface area (Å²) in [5.41, 5.74) is 2.33. The monoisotopic (exact) mass is 409 g/mol. The van der Waals surface area contributed by atoms with Gasteiger partial charge in [-0.2, -0.15) is 0 Å². The SMILES string of the molecule is CSc1ccccc1CN(C)Cc1nc(NCCCN(C)C)c2ccccc2n1.